The molecule has 0 fully saturated rings. The van der Waals surface area contributed by atoms with Gasteiger partial charge >= 0.3 is 0 Å². The molecule has 0 aromatic heterocycles. The average Bonchev–Trinajstić information content (AvgIpc) is 2.42. The fourth-order valence-electron chi connectivity index (χ4n) is 1.46. The zero-order chi connectivity index (χ0) is 12.8. The molecule has 92 valence electrons. The Kier molecular flexibility index (Phi) is 4.47. The molecule has 0 radical (unpaired) electrons. The first-order valence-electron chi connectivity index (χ1n) is 5.48. The molecule has 0 bridgehead atoms. The van der Waals surface area contributed by atoms with Gasteiger partial charge in [0.05, 0.1) is 11.9 Å². The van der Waals surface area contributed by atoms with E-state index in [2.05, 4.69) is 26.5 Å². The lowest BCUT2D eigenvalue weighted by atomic mass is 10.1. The predicted octanol–water partition coefficient (Wildman–Crippen LogP) is 4.17. The molecule has 0 heterocycles. The van der Waals surface area contributed by atoms with Crippen LogP contribution in [0.4, 0.5) is 10.1 Å². The second-order valence-corrected chi connectivity index (χ2v) is 4.29. The fraction of sp³-hybridized carbons (Fsp3) is 0.0714. The van der Waals surface area contributed by atoms with E-state index in [9.17, 15) is 4.39 Å². The fourth-order valence-corrected chi connectivity index (χ4v) is 1.81. The number of benzene rings is 2. The monoisotopic (exact) mass is 306 g/mol. The van der Waals surface area contributed by atoms with Gasteiger partial charge in [-0.25, -0.2) is 4.39 Å². The molecule has 0 aliphatic heterocycles. The highest BCUT2D eigenvalue weighted by Gasteiger charge is 2.00. The van der Waals surface area contributed by atoms with Gasteiger partial charge in [-0.2, -0.15) is 5.10 Å². The molecular weight excluding hydrogens is 295 g/mol. The minimum absolute atomic E-state index is 0.279. The third-order valence-corrected chi connectivity index (χ3v) is 3.03. The first kappa shape index (κ1) is 12.8. The van der Waals surface area contributed by atoms with Crippen LogP contribution in [0.2, 0.25) is 0 Å². The van der Waals surface area contributed by atoms with Crippen molar-refractivity contribution in [3.05, 3.63) is 65.5 Å². The van der Waals surface area contributed by atoms with Crippen LogP contribution in [0, 0.1) is 5.82 Å². The summed E-state index contributed by atoms with van der Waals surface area (Å²) in [6.07, 6.45) is 1.48. The lowest BCUT2D eigenvalue weighted by Gasteiger charge is -2.01. The third kappa shape index (κ3) is 3.40. The Morgan fingerprint density at radius 3 is 2.67 bits per heavy atom. The van der Waals surface area contributed by atoms with Crippen LogP contribution >= 0.6 is 15.9 Å². The van der Waals surface area contributed by atoms with Crippen molar-refractivity contribution in [3.63, 3.8) is 0 Å². The summed E-state index contributed by atoms with van der Waals surface area (Å²) in [5.74, 6) is -0.279. The van der Waals surface area contributed by atoms with Crippen molar-refractivity contribution in [1.29, 1.82) is 0 Å². The smallest absolute Gasteiger partial charge is 0.132 e. The van der Waals surface area contributed by atoms with Gasteiger partial charge in [0.1, 0.15) is 5.82 Å². The Morgan fingerprint density at radius 2 is 1.94 bits per heavy atom. The zero-order valence-electron chi connectivity index (χ0n) is 9.61. The Balaban J connectivity index is 2.09. The van der Waals surface area contributed by atoms with Gasteiger partial charge in [0.2, 0.25) is 0 Å². The summed E-state index contributed by atoms with van der Waals surface area (Å²) < 4.78 is 13.5. The summed E-state index contributed by atoms with van der Waals surface area (Å²) in [6.45, 7) is 0. The van der Waals surface area contributed by atoms with Crippen molar-refractivity contribution in [2.75, 3.05) is 5.43 Å². The molecule has 2 nitrogen and oxygen atoms in total. The molecule has 0 saturated carbocycles. The summed E-state index contributed by atoms with van der Waals surface area (Å²) in [7, 11) is 0. The molecule has 0 aliphatic carbocycles. The van der Waals surface area contributed by atoms with Crippen molar-refractivity contribution in [1.82, 2.24) is 0 Å². The van der Waals surface area contributed by atoms with Crippen molar-refractivity contribution >= 4 is 27.8 Å². The summed E-state index contributed by atoms with van der Waals surface area (Å²) in [5.41, 5.74) is 5.19. The van der Waals surface area contributed by atoms with E-state index in [0.29, 0.717) is 10.9 Å². The summed E-state index contributed by atoms with van der Waals surface area (Å²) in [4.78, 5) is 0. The molecule has 18 heavy (non-hydrogen) atoms. The Labute approximate surface area is 114 Å². The molecule has 1 N–H and O–H groups in total. The van der Waals surface area contributed by atoms with Gasteiger partial charge in [-0.15, -0.1) is 0 Å². The number of anilines is 1. The standard InChI is InChI=1S/C14H12BrFN2/c15-9-11-6-7-14(16)12(8-11)10-17-18-13-4-2-1-3-5-13/h1-8,10,18H,9H2. The normalized spacial score (nSPS) is 10.8. The second-order valence-electron chi connectivity index (χ2n) is 3.73. The van der Waals surface area contributed by atoms with Gasteiger partial charge in [0.15, 0.2) is 0 Å². The summed E-state index contributed by atoms with van der Waals surface area (Å²) in [6, 6.07) is 14.5. The lowest BCUT2D eigenvalue weighted by Crippen LogP contribution is -1.94. The van der Waals surface area contributed by atoms with Crippen LogP contribution < -0.4 is 5.43 Å². The number of rotatable bonds is 4. The van der Waals surface area contributed by atoms with E-state index in [-0.39, 0.29) is 5.82 Å². The van der Waals surface area contributed by atoms with Crippen LogP contribution in [0.15, 0.2) is 53.6 Å². The largest absolute Gasteiger partial charge is 0.279 e. The van der Waals surface area contributed by atoms with Crippen molar-refractivity contribution in [2.45, 2.75) is 5.33 Å². The number of nitrogens with zero attached hydrogens (tertiary/aromatic N) is 1. The third-order valence-electron chi connectivity index (χ3n) is 2.39. The van der Waals surface area contributed by atoms with Crippen LogP contribution in [-0.2, 0) is 5.33 Å². The maximum absolute atomic E-state index is 13.5. The summed E-state index contributed by atoms with van der Waals surface area (Å²) >= 11 is 3.34. The van der Waals surface area contributed by atoms with Crippen LogP contribution in [0.3, 0.4) is 0 Å². The van der Waals surface area contributed by atoms with Gasteiger partial charge in [0, 0.05) is 10.9 Å². The second kappa shape index (κ2) is 6.31. The molecule has 0 atom stereocenters. The van der Waals surface area contributed by atoms with E-state index in [1.165, 1.54) is 12.3 Å². The molecule has 2 aromatic carbocycles. The van der Waals surface area contributed by atoms with E-state index in [4.69, 9.17) is 0 Å². The SMILES string of the molecule is Fc1ccc(CBr)cc1C=NNc1ccccc1. The number of nitrogens with one attached hydrogen (secondary N) is 1. The van der Waals surface area contributed by atoms with Gasteiger partial charge in [-0.1, -0.05) is 40.2 Å². The summed E-state index contributed by atoms with van der Waals surface area (Å²) in [5, 5.41) is 4.71. The molecule has 0 amide bonds. The first-order chi connectivity index (χ1) is 8.79. The van der Waals surface area contributed by atoms with Crippen LogP contribution in [0.25, 0.3) is 0 Å². The average molecular weight is 307 g/mol. The van der Waals surface area contributed by atoms with Crippen LogP contribution in [0.1, 0.15) is 11.1 Å². The Bertz CT molecular complexity index is 541. The molecule has 0 saturated heterocycles. The minimum Gasteiger partial charge on any atom is -0.279 e. The van der Waals surface area contributed by atoms with Gasteiger partial charge < -0.3 is 0 Å². The maximum atomic E-state index is 13.5. The number of hydrogen-bond acceptors (Lipinski definition) is 2. The van der Waals surface area contributed by atoms with Gasteiger partial charge in [0.25, 0.3) is 0 Å². The highest BCUT2D eigenvalue weighted by atomic mass is 79.9. The molecule has 2 aromatic rings. The Hall–Kier alpha value is -1.68. The zero-order valence-corrected chi connectivity index (χ0v) is 11.2. The predicted molar refractivity (Wildman–Crippen MR) is 76.7 cm³/mol. The highest BCUT2D eigenvalue weighted by Crippen LogP contribution is 2.12. The molecule has 0 aliphatic rings. The number of para-hydroxylation sites is 1. The van der Waals surface area contributed by atoms with Gasteiger partial charge in [-0.05, 0) is 29.8 Å². The van der Waals surface area contributed by atoms with Crippen LogP contribution in [0.5, 0.6) is 0 Å². The molecule has 4 heteroatoms. The maximum Gasteiger partial charge on any atom is 0.132 e. The van der Waals surface area contributed by atoms with Crippen LogP contribution in [-0.4, -0.2) is 6.21 Å². The number of hydrazone groups is 1. The van der Waals surface area contributed by atoms with E-state index < -0.39 is 0 Å². The van der Waals surface area contributed by atoms with Gasteiger partial charge in [-0.3, -0.25) is 5.43 Å². The highest BCUT2D eigenvalue weighted by molar-refractivity contribution is 9.08. The van der Waals surface area contributed by atoms with Crippen molar-refractivity contribution in [2.24, 2.45) is 5.10 Å². The quantitative estimate of drug-likeness (QED) is 0.512. The van der Waals surface area contributed by atoms with E-state index >= 15 is 0 Å². The van der Waals surface area contributed by atoms with Crippen molar-refractivity contribution < 1.29 is 4.39 Å². The van der Waals surface area contributed by atoms with E-state index in [1.807, 2.05) is 30.3 Å². The molecule has 0 spiro atoms. The van der Waals surface area contributed by atoms with E-state index in [1.54, 1.807) is 12.1 Å². The van der Waals surface area contributed by atoms with Crippen molar-refractivity contribution in [3.8, 4) is 0 Å². The molecule has 0 unspecified atom stereocenters. The molecular formula is C14H12BrFN2. The minimum atomic E-state index is -0.279. The lowest BCUT2D eigenvalue weighted by molar-refractivity contribution is 0.625. The number of alkyl halides is 1. The number of hydrogen-bond donors (Lipinski definition) is 1. The number of halogens is 2. The topological polar surface area (TPSA) is 24.4 Å². The van der Waals surface area contributed by atoms with E-state index in [0.717, 1.165) is 11.3 Å². The first-order valence-corrected chi connectivity index (χ1v) is 6.60. The Morgan fingerprint density at radius 1 is 1.17 bits per heavy atom. The molecule has 2 rings (SSSR count).